The normalized spacial score (nSPS) is 13.7. The molecule has 0 saturated heterocycles. The average molecular weight is 278 g/mol. The molecular weight excluding hydrogens is 264 g/mol. The number of fused-ring (bicyclic) bond motifs is 2. The number of amides is 1. The van der Waals surface area contributed by atoms with Crippen molar-refractivity contribution in [3.05, 3.63) is 48.4 Å². The molecule has 0 aliphatic carbocycles. The van der Waals surface area contributed by atoms with Crippen LogP contribution in [0, 0.1) is 0 Å². The third-order valence-electron chi connectivity index (χ3n) is 4.02. The lowest BCUT2D eigenvalue weighted by Gasteiger charge is -2.14. The van der Waals surface area contributed by atoms with Gasteiger partial charge in [-0.1, -0.05) is 12.1 Å². The molecule has 3 aromatic rings. The Hall–Kier alpha value is -2.62. The van der Waals surface area contributed by atoms with E-state index in [2.05, 4.69) is 17.1 Å². The topological polar surface area (TPSA) is 46.3 Å². The van der Waals surface area contributed by atoms with E-state index in [1.54, 1.807) is 6.92 Å². The molecule has 0 N–H and O–H groups in total. The summed E-state index contributed by atoms with van der Waals surface area (Å²) in [6.45, 7) is 2.39. The second-order valence-corrected chi connectivity index (χ2v) is 5.30. The number of oxazole rings is 1. The van der Waals surface area contributed by atoms with Gasteiger partial charge in [0.05, 0.1) is 0 Å². The van der Waals surface area contributed by atoms with Crippen molar-refractivity contribution in [3.8, 4) is 11.1 Å². The first-order valence-electron chi connectivity index (χ1n) is 6.97. The van der Waals surface area contributed by atoms with Gasteiger partial charge in [-0.25, -0.2) is 4.98 Å². The average Bonchev–Trinajstić information content (AvgIpc) is 3.12. The van der Waals surface area contributed by atoms with Gasteiger partial charge in [0.1, 0.15) is 5.52 Å². The molecule has 4 heteroatoms. The van der Waals surface area contributed by atoms with E-state index in [0.29, 0.717) is 0 Å². The van der Waals surface area contributed by atoms with E-state index in [9.17, 15) is 4.79 Å². The van der Waals surface area contributed by atoms with Gasteiger partial charge in [-0.05, 0) is 47.4 Å². The third kappa shape index (κ3) is 1.91. The second kappa shape index (κ2) is 4.45. The highest BCUT2D eigenvalue weighted by Gasteiger charge is 2.22. The molecular formula is C17H14N2O2. The SMILES string of the molecule is CC(=O)N1CCc2cc(-c3ccc4ncoc4c3)ccc21. The van der Waals surface area contributed by atoms with Crippen LogP contribution in [0.5, 0.6) is 0 Å². The maximum Gasteiger partial charge on any atom is 0.223 e. The van der Waals surface area contributed by atoms with Crippen molar-refractivity contribution in [2.75, 3.05) is 11.4 Å². The second-order valence-electron chi connectivity index (χ2n) is 5.30. The lowest BCUT2D eigenvalue weighted by atomic mass is 10.0. The monoisotopic (exact) mass is 278 g/mol. The fourth-order valence-corrected chi connectivity index (χ4v) is 2.94. The molecule has 0 unspecified atom stereocenters. The van der Waals surface area contributed by atoms with Crippen LogP contribution in [0.4, 0.5) is 5.69 Å². The fraction of sp³-hybridized carbons (Fsp3) is 0.176. The van der Waals surface area contributed by atoms with Crippen LogP contribution in [0.1, 0.15) is 12.5 Å². The number of nitrogens with zero attached hydrogens (tertiary/aromatic N) is 2. The molecule has 0 saturated carbocycles. The number of benzene rings is 2. The molecule has 1 aliphatic rings. The van der Waals surface area contributed by atoms with Crippen molar-refractivity contribution in [2.24, 2.45) is 0 Å². The quantitative estimate of drug-likeness (QED) is 0.685. The molecule has 1 amide bonds. The van der Waals surface area contributed by atoms with Crippen molar-refractivity contribution >= 4 is 22.7 Å². The Balaban J connectivity index is 1.78. The molecule has 4 rings (SSSR count). The predicted octanol–water partition coefficient (Wildman–Crippen LogP) is 3.40. The van der Waals surface area contributed by atoms with Crippen molar-refractivity contribution in [1.82, 2.24) is 4.98 Å². The van der Waals surface area contributed by atoms with Crippen molar-refractivity contribution in [3.63, 3.8) is 0 Å². The van der Waals surface area contributed by atoms with Gasteiger partial charge in [0, 0.05) is 19.2 Å². The van der Waals surface area contributed by atoms with Crippen molar-refractivity contribution < 1.29 is 9.21 Å². The van der Waals surface area contributed by atoms with E-state index in [0.717, 1.165) is 40.9 Å². The van der Waals surface area contributed by atoms with Crippen LogP contribution in [-0.2, 0) is 11.2 Å². The Kier molecular flexibility index (Phi) is 2.57. The zero-order valence-corrected chi connectivity index (χ0v) is 11.7. The van der Waals surface area contributed by atoms with E-state index in [4.69, 9.17) is 4.42 Å². The number of carbonyl (C=O) groups is 1. The Labute approximate surface area is 122 Å². The summed E-state index contributed by atoms with van der Waals surface area (Å²) < 4.78 is 5.36. The highest BCUT2D eigenvalue weighted by atomic mass is 16.3. The van der Waals surface area contributed by atoms with Crippen LogP contribution in [0.15, 0.2) is 47.2 Å². The predicted molar refractivity (Wildman–Crippen MR) is 81.2 cm³/mol. The summed E-state index contributed by atoms with van der Waals surface area (Å²) in [6, 6.07) is 12.3. The first-order chi connectivity index (χ1) is 10.2. The Morgan fingerprint density at radius 1 is 1.19 bits per heavy atom. The summed E-state index contributed by atoms with van der Waals surface area (Å²) in [7, 11) is 0. The van der Waals surface area contributed by atoms with Crippen LogP contribution in [0.25, 0.3) is 22.2 Å². The van der Waals surface area contributed by atoms with Crippen LogP contribution in [0.2, 0.25) is 0 Å². The van der Waals surface area contributed by atoms with Crippen LogP contribution >= 0.6 is 0 Å². The van der Waals surface area contributed by atoms with E-state index >= 15 is 0 Å². The summed E-state index contributed by atoms with van der Waals surface area (Å²) in [5, 5.41) is 0. The van der Waals surface area contributed by atoms with E-state index in [1.807, 2.05) is 29.2 Å². The molecule has 104 valence electrons. The van der Waals surface area contributed by atoms with Crippen LogP contribution in [0.3, 0.4) is 0 Å². The van der Waals surface area contributed by atoms with Gasteiger partial charge in [-0.2, -0.15) is 0 Å². The zero-order valence-electron chi connectivity index (χ0n) is 11.7. The number of rotatable bonds is 1. The molecule has 0 spiro atoms. The van der Waals surface area contributed by atoms with Crippen molar-refractivity contribution in [1.29, 1.82) is 0 Å². The minimum absolute atomic E-state index is 0.101. The Morgan fingerprint density at radius 2 is 2.00 bits per heavy atom. The molecule has 2 aromatic carbocycles. The van der Waals surface area contributed by atoms with E-state index in [-0.39, 0.29) is 5.91 Å². The minimum atomic E-state index is 0.101. The molecule has 1 aliphatic heterocycles. The standard InChI is InChI=1S/C17H14N2O2/c1-11(20)19-7-6-14-8-12(3-5-16(14)19)13-2-4-15-17(9-13)21-10-18-15/h2-5,8-10H,6-7H2,1H3. The lowest BCUT2D eigenvalue weighted by Crippen LogP contribution is -2.25. The van der Waals surface area contributed by atoms with Gasteiger partial charge in [-0.15, -0.1) is 0 Å². The molecule has 0 bridgehead atoms. The van der Waals surface area contributed by atoms with E-state index < -0.39 is 0 Å². The Bertz CT molecular complexity index is 851. The first kappa shape index (κ1) is 12.1. The maximum atomic E-state index is 11.6. The summed E-state index contributed by atoms with van der Waals surface area (Å²) in [5.41, 5.74) is 6.15. The molecule has 0 radical (unpaired) electrons. The number of hydrogen-bond acceptors (Lipinski definition) is 3. The maximum absolute atomic E-state index is 11.6. The van der Waals surface area contributed by atoms with Crippen molar-refractivity contribution in [2.45, 2.75) is 13.3 Å². The molecule has 2 heterocycles. The van der Waals surface area contributed by atoms with Gasteiger partial charge >= 0.3 is 0 Å². The highest BCUT2D eigenvalue weighted by molar-refractivity contribution is 5.94. The van der Waals surface area contributed by atoms with E-state index in [1.165, 1.54) is 12.0 Å². The van der Waals surface area contributed by atoms with Gasteiger partial charge in [-0.3, -0.25) is 4.79 Å². The van der Waals surface area contributed by atoms with Crippen LogP contribution < -0.4 is 4.90 Å². The number of hydrogen-bond donors (Lipinski definition) is 0. The highest BCUT2D eigenvalue weighted by Crippen LogP contribution is 2.33. The van der Waals surface area contributed by atoms with Gasteiger partial charge in [0.15, 0.2) is 12.0 Å². The largest absolute Gasteiger partial charge is 0.443 e. The summed E-state index contributed by atoms with van der Waals surface area (Å²) in [6.07, 6.45) is 2.37. The molecule has 4 nitrogen and oxygen atoms in total. The number of anilines is 1. The number of carbonyl (C=O) groups excluding carboxylic acids is 1. The first-order valence-corrected chi connectivity index (χ1v) is 6.97. The summed E-state index contributed by atoms with van der Waals surface area (Å²) >= 11 is 0. The molecule has 0 fully saturated rings. The zero-order chi connectivity index (χ0) is 14.4. The van der Waals surface area contributed by atoms with Crippen LogP contribution in [-0.4, -0.2) is 17.4 Å². The molecule has 1 aromatic heterocycles. The smallest absolute Gasteiger partial charge is 0.223 e. The van der Waals surface area contributed by atoms with Gasteiger partial charge in [0.25, 0.3) is 0 Å². The fourth-order valence-electron chi connectivity index (χ4n) is 2.94. The molecule has 0 atom stereocenters. The number of aromatic nitrogens is 1. The lowest BCUT2D eigenvalue weighted by molar-refractivity contribution is -0.116. The van der Waals surface area contributed by atoms with Gasteiger partial charge in [0.2, 0.25) is 5.91 Å². The third-order valence-corrected chi connectivity index (χ3v) is 4.02. The summed E-state index contributed by atoms with van der Waals surface area (Å²) in [4.78, 5) is 17.5. The summed E-state index contributed by atoms with van der Waals surface area (Å²) in [5.74, 6) is 0.101. The Morgan fingerprint density at radius 3 is 2.86 bits per heavy atom. The van der Waals surface area contributed by atoms with Gasteiger partial charge < -0.3 is 9.32 Å². The molecule has 21 heavy (non-hydrogen) atoms. The minimum Gasteiger partial charge on any atom is -0.443 e.